The highest BCUT2D eigenvalue weighted by Gasteiger charge is 2.26. The number of pyridine rings is 1. The number of halogens is 2. The minimum Gasteiger partial charge on any atom is -0.485 e. The van der Waals surface area contributed by atoms with Crippen LogP contribution in [0.25, 0.3) is 10.9 Å². The molecular weight excluding hydrogens is 422 g/mol. The number of aromatic nitrogens is 1. The van der Waals surface area contributed by atoms with Gasteiger partial charge in [0.1, 0.15) is 35.1 Å². The third kappa shape index (κ3) is 5.30. The van der Waals surface area contributed by atoms with E-state index in [0.29, 0.717) is 48.7 Å². The molecule has 1 aromatic heterocycles. The van der Waals surface area contributed by atoms with Crippen molar-refractivity contribution in [3.8, 4) is 5.75 Å². The molecule has 0 aliphatic carbocycles. The van der Waals surface area contributed by atoms with Crippen molar-refractivity contribution in [3.05, 3.63) is 72.0 Å². The topological polar surface area (TPSA) is 49.8 Å². The predicted molar refractivity (Wildman–Crippen MR) is 129 cm³/mol. The van der Waals surface area contributed by atoms with E-state index in [1.165, 1.54) is 12.3 Å². The molecule has 1 N–H and O–H groups in total. The van der Waals surface area contributed by atoms with Crippen molar-refractivity contribution >= 4 is 16.7 Å². The van der Waals surface area contributed by atoms with Gasteiger partial charge in [-0.05, 0) is 56.6 Å². The van der Waals surface area contributed by atoms with Crippen LogP contribution in [0.4, 0.5) is 8.78 Å². The molecule has 0 amide bonds. The molecule has 5 nitrogen and oxygen atoms in total. The van der Waals surface area contributed by atoms with E-state index < -0.39 is 12.3 Å². The Morgan fingerprint density at radius 2 is 2.09 bits per heavy atom. The quantitative estimate of drug-likeness (QED) is 0.484. The maximum atomic E-state index is 14.6. The van der Waals surface area contributed by atoms with Crippen molar-refractivity contribution in [2.24, 2.45) is 4.99 Å². The highest BCUT2D eigenvalue weighted by Crippen LogP contribution is 2.29. The second-order valence-corrected chi connectivity index (χ2v) is 8.21. The summed E-state index contributed by atoms with van der Waals surface area (Å²) in [5, 5.41) is 4.10. The Labute approximate surface area is 193 Å². The van der Waals surface area contributed by atoms with Gasteiger partial charge in [-0.15, -0.1) is 0 Å². The molecule has 0 spiro atoms. The van der Waals surface area contributed by atoms with Crippen LogP contribution < -0.4 is 10.1 Å². The number of fused-ring (bicyclic) bond motifs is 1. The van der Waals surface area contributed by atoms with Gasteiger partial charge in [-0.2, -0.15) is 0 Å². The number of aliphatic imine (C=N–C) groups is 1. The second-order valence-electron chi connectivity index (χ2n) is 8.21. The van der Waals surface area contributed by atoms with Gasteiger partial charge in [0, 0.05) is 24.3 Å². The highest BCUT2D eigenvalue weighted by atomic mass is 19.1. The Kier molecular flexibility index (Phi) is 7.50. The number of hydrogen-bond donors (Lipinski definition) is 1. The Balaban J connectivity index is 1.70. The molecule has 4 rings (SSSR count). The lowest BCUT2D eigenvalue weighted by molar-refractivity contribution is 0.0983. The molecule has 2 aliphatic heterocycles. The van der Waals surface area contributed by atoms with Crippen LogP contribution >= 0.6 is 0 Å². The highest BCUT2D eigenvalue weighted by molar-refractivity contribution is 6.01. The van der Waals surface area contributed by atoms with Gasteiger partial charge in [-0.1, -0.05) is 37.6 Å². The molecular formula is C26H30F2N4O. The molecule has 1 aromatic carbocycles. The van der Waals surface area contributed by atoms with Crippen molar-refractivity contribution in [2.45, 2.75) is 44.9 Å². The molecule has 2 aliphatic rings. The number of nitrogens with one attached hydrogen (secondary N) is 1. The summed E-state index contributed by atoms with van der Waals surface area (Å²) in [6.07, 6.45) is 7.97. The third-order valence-corrected chi connectivity index (χ3v) is 5.82. The fraction of sp³-hybridized carbons (Fsp3) is 0.385. The molecule has 3 heterocycles. The van der Waals surface area contributed by atoms with E-state index in [-0.39, 0.29) is 5.83 Å². The number of benzene rings is 1. The number of allylic oxidation sites excluding steroid dienone is 4. The largest absolute Gasteiger partial charge is 0.485 e. The van der Waals surface area contributed by atoms with Gasteiger partial charge in [-0.3, -0.25) is 9.89 Å². The van der Waals surface area contributed by atoms with E-state index in [1.54, 1.807) is 18.0 Å². The summed E-state index contributed by atoms with van der Waals surface area (Å²) in [5.74, 6) is 0.711. The molecule has 2 aromatic rings. The Bertz CT molecular complexity index is 1110. The standard InChI is InChI=1S/C26H30F2N4O/c1-3-4-7-20-11-10-19(27)17-32(20)26(29-2)22-12-9-18-6-5-8-24(25(18)31-22)33-23-14-16-30-15-13-21(23)28/h5-12,17,21,23,30H,3-4,13-16H2,1-2H3. The maximum absolute atomic E-state index is 14.6. The number of rotatable bonds is 5. The van der Waals surface area contributed by atoms with Crippen molar-refractivity contribution in [3.63, 3.8) is 0 Å². The molecule has 1 fully saturated rings. The minimum absolute atomic E-state index is 0.356. The first-order valence-electron chi connectivity index (χ1n) is 11.5. The number of nitrogens with zero attached hydrogens (tertiary/aromatic N) is 3. The number of ether oxygens (including phenoxy) is 1. The molecule has 2 unspecified atom stereocenters. The smallest absolute Gasteiger partial charge is 0.158 e. The Morgan fingerprint density at radius 1 is 1.24 bits per heavy atom. The number of alkyl halides is 1. The predicted octanol–water partition coefficient (Wildman–Crippen LogP) is 5.45. The first-order chi connectivity index (χ1) is 16.1. The molecule has 174 valence electrons. The fourth-order valence-corrected chi connectivity index (χ4v) is 4.09. The molecule has 2 atom stereocenters. The molecule has 0 bridgehead atoms. The summed E-state index contributed by atoms with van der Waals surface area (Å²) >= 11 is 0. The lowest BCUT2D eigenvalue weighted by atomic mass is 10.1. The van der Waals surface area contributed by atoms with Crippen LogP contribution in [0.2, 0.25) is 0 Å². The van der Waals surface area contributed by atoms with Gasteiger partial charge in [0.2, 0.25) is 0 Å². The van der Waals surface area contributed by atoms with Gasteiger partial charge < -0.3 is 10.1 Å². The van der Waals surface area contributed by atoms with Crippen LogP contribution in [0.5, 0.6) is 5.75 Å². The number of unbranched alkanes of at least 4 members (excludes halogenated alkanes) is 1. The molecule has 7 heteroatoms. The average molecular weight is 453 g/mol. The van der Waals surface area contributed by atoms with Crippen LogP contribution in [-0.2, 0) is 0 Å². The first kappa shape index (κ1) is 23.1. The van der Waals surface area contributed by atoms with E-state index in [2.05, 4.69) is 23.3 Å². The summed E-state index contributed by atoms with van der Waals surface area (Å²) in [7, 11) is 1.66. The van der Waals surface area contributed by atoms with Crippen molar-refractivity contribution in [2.75, 3.05) is 20.1 Å². The maximum Gasteiger partial charge on any atom is 0.158 e. The summed E-state index contributed by atoms with van der Waals surface area (Å²) in [5.41, 5.74) is 2.07. The number of amidine groups is 1. The van der Waals surface area contributed by atoms with Crippen LogP contribution in [0.1, 0.15) is 38.3 Å². The first-order valence-corrected chi connectivity index (χ1v) is 11.5. The summed E-state index contributed by atoms with van der Waals surface area (Å²) in [6.45, 7) is 3.46. The fourth-order valence-electron chi connectivity index (χ4n) is 4.09. The van der Waals surface area contributed by atoms with Crippen LogP contribution in [0.15, 0.2) is 71.3 Å². The van der Waals surface area contributed by atoms with Gasteiger partial charge >= 0.3 is 0 Å². The van der Waals surface area contributed by atoms with Crippen molar-refractivity contribution in [1.29, 1.82) is 0 Å². The summed E-state index contributed by atoms with van der Waals surface area (Å²) in [4.78, 5) is 11.0. The number of para-hydroxylation sites is 1. The Hall–Kier alpha value is -3.06. The summed E-state index contributed by atoms with van der Waals surface area (Å²) < 4.78 is 34.9. The minimum atomic E-state index is -1.04. The third-order valence-electron chi connectivity index (χ3n) is 5.82. The van der Waals surface area contributed by atoms with E-state index in [0.717, 1.165) is 23.9 Å². The lowest BCUT2D eigenvalue weighted by Crippen LogP contribution is -2.29. The van der Waals surface area contributed by atoms with Gasteiger partial charge in [0.15, 0.2) is 5.84 Å². The van der Waals surface area contributed by atoms with Gasteiger partial charge in [-0.25, -0.2) is 13.8 Å². The van der Waals surface area contributed by atoms with Crippen molar-refractivity contribution in [1.82, 2.24) is 15.2 Å². The van der Waals surface area contributed by atoms with E-state index in [9.17, 15) is 8.78 Å². The lowest BCUT2D eigenvalue weighted by Gasteiger charge is -2.26. The summed E-state index contributed by atoms with van der Waals surface area (Å²) in [6, 6.07) is 9.45. The molecule has 0 radical (unpaired) electrons. The van der Waals surface area contributed by atoms with Gasteiger partial charge in [0.05, 0.1) is 0 Å². The average Bonchev–Trinajstić information content (AvgIpc) is 3.03. The second kappa shape index (κ2) is 10.7. The van der Waals surface area contributed by atoms with E-state index in [1.807, 2.05) is 30.3 Å². The van der Waals surface area contributed by atoms with E-state index >= 15 is 0 Å². The number of hydrogen-bond acceptors (Lipinski definition) is 4. The zero-order valence-corrected chi connectivity index (χ0v) is 19.1. The van der Waals surface area contributed by atoms with Crippen LogP contribution in [0, 0.1) is 0 Å². The monoisotopic (exact) mass is 452 g/mol. The van der Waals surface area contributed by atoms with Gasteiger partial charge in [0.25, 0.3) is 0 Å². The normalized spacial score (nSPS) is 23.0. The molecule has 1 saturated heterocycles. The van der Waals surface area contributed by atoms with E-state index in [4.69, 9.17) is 9.72 Å². The van der Waals surface area contributed by atoms with Crippen LogP contribution in [-0.4, -0.2) is 48.1 Å². The van der Waals surface area contributed by atoms with Crippen LogP contribution in [0.3, 0.4) is 0 Å². The molecule has 0 saturated carbocycles. The molecule has 33 heavy (non-hydrogen) atoms. The Morgan fingerprint density at radius 3 is 2.91 bits per heavy atom. The zero-order valence-electron chi connectivity index (χ0n) is 19.1. The van der Waals surface area contributed by atoms with Crippen molar-refractivity contribution < 1.29 is 13.5 Å². The zero-order chi connectivity index (χ0) is 23.2. The SMILES string of the molecule is CCCC=C1C=CC(F)=CN1C(=NC)c1ccc2cccc(OC3CCNCCC3F)c2n1.